The fourth-order valence-corrected chi connectivity index (χ4v) is 2.16. The second kappa shape index (κ2) is 6.47. The number of aromatic nitrogens is 2. The van der Waals surface area contributed by atoms with E-state index < -0.39 is 4.92 Å². The molecule has 0 N–H and O–H groups in total. The quantitative estimate of drug-likeness (QED) is 0.355. The van der Waals surface area contributed by atoms with Crippen LogP contribution in [-0.4, -0.2) is 20.4 Å². The summed E-state index contributed by atoms with van der Waals surface area (Å²) in [6.45, 7) is 0.543. The van der Waals surface area contributed by atoms with E-state index in [1.165, 1.54) is 29.1 Å². The van der Waals surface area contributed by atoms with E-state index in [9.17, 15) is 14.9 Å². The van der Waals surface area contributed by atoms with Crippen molar-refractivity contribution in [1.82, 2.24) is 9.55 Å². The topological polar surface area (TPSA) is 78.0 Å². The Morgan fingerprint density at radius 3 is 2.80 bits per heavy atom. The van der Waals surface area contributed by atoms with Gasteiger partial charge in [-0.1, -0.05) is 6.42 Å². The minimum absolute atomic E-state index is 0.101. The van der Waals surface area contributed by atoms with E-state index in [0.29, 0.717) is 17.9 Å². The summed E-state index contributed by atoms with van der Waals surface area (Å²) in [5, 5.41) is 11.0. The second-order valence-corrected chi connectivity index (χ2v) is 4.83. The van der Waals surface area contributed by atoms with Crippen LogP contribution in [0.2, 0.25) is 0 Å². The number of benzene rings is 1. The summed E-state index contributed by atoms with van der Waals surface area (Å²) in [6.07, 6.45) is 4.15. The van der Waals surface area contributed by atoms with Crippen LogP contribution >= 0.6 is 11.6 Å². The highest BCUT2D eigenvalue weighted by molar-refractivity contribution is 6.17. The molecule has 0 unspecified atom stereocenters. The standard InChI is InChI=1S/C13H14ClN3O3/c14-6-2-1-3-7-16-9-15-12-5-4-10(17(19)20)8-11(12)13(16)18/h4-5,8-9H,1-3,6-7H2. The first-order valence-electron chi connectivity index (χ1n) is 6.33. The molecule has 6 nitrogen and oxygen atoms in total. The predicted molar refractivity (Wildman–Crippen MR) is 77.2 cm³/mol. The Morgan fingerprint density at radius 2 is 2.10 bits per heavy atom. The van der Waals surface area contributed by atoms with Gasteiger partial charge >= 0.3 is 0 Å². The summed E-state index contributed by atoms with van der Waals surface area (Å²) >= 11 is 5.60. The lowest BCUT2D eigenvalue weighted by atomic mass is 10.2. The molecule has 2 rings (SSSR count). The molecule has 0 amide bonds. The van der Waals surface area contributed by atoms with Crippen molar-refractivity contribution in [2.75, 3.05) is 5.88 Å². The zero-order valence-corrected chi connectivity index (χ0v) is 11.5. The van der Waals surface area contributed by atoms with Gasteiger partial charge < -0.3 is 0 Å². The minimum atomic E-state index is -0.517. The maximum atomic E-state index is 12.2. The number of nitro groups is 1. The first kappa shape index (κ1) is 14.5. The largest absolute Gasteiger partial charge is 0.299 e. The van der Waals surface area contributed by atoms with Gasteiger partial charge in [-0.3, -0.25) is 19.5 Å². The number of unbranched alkanes of at least 4 members (excludes halogenated alkanes) is 2. The van der Waals surface area contributed by atoms with E-state index in [0.717, 1.165) is 19.3 Å². The Hall–Kier alpha value is -1.95. The lowest BCUT2D eigenvalue weighted by molar-refractivity contribution is -0.384. The molecule has 7 heteroatoms. The van der Waals surface area contributed by atoms with Crippen molar-refractivity contribution < 1.29 is 4.92 Å². The fourth-order valence-electron chi connectivity index (χ4n) is 1.97. The molecule has 0 atom stereocenters. The number of non-ortho nitro benzene ring substituents is 1. The van der Waals surface area contributed by atoms with E-state index in [1.807, 2.05) is 0 Å². The number of fused-ring (bicyclic) bond motifs is 1. The molecule has 0 radical (unpaired) electrons. The Balaban J connectivity index is 2.31. The number of aryl methyl sites for hydroxylation is 1. The Morgan fingerprint density at radius 1 is 1.30 bits per heavy atom. The van der Waals surface area contributed by atoms with Crippen LogP contribution in [0.15, 0.2) is 29.3 Å². The summed E-state index contributed by atoms with van der Waals surface area (Å²) in [5.41, 5.74) is 0.124. The van der Waals surface area contributed by atoms with E-state index in [-0.39, 0.29) is 16.6 Å². The van der Waals surface area contributed by atoms with Crippen LogP contribution in [-0.2, 0) is 6.54 Å². The maximum absolute atomic E-state index is 12.2. The molecule has 0 aliphatic rings. The third-order valence-electron chi connectivity index (χ3n) is 3.05. The van der Waals surface area contributed by atoms with Crippen molar-refractivity contribution in [2.24, 2.45) is 0 Å². The molecule has 106 valence electrons. The predicted octanol–water partition coefficient (Wildman–Crippen LogP) is 2.71. The molecule has 1 heterocycles. The molecule has 20 heavy (non-hydrogen) atoms. The smallest absolute Gasteiger partial charge is 0.270 e. The van der Waals surface area contributed by atoms with Crippen LogP contribution in [0.4, 0.5) is 5.69 Å². The van der Waals surface area contributed by atoms with Crippen LogP contribution < -0.4 is 5.56 Å². The first-order chi connectivity index (χ1) is 9.63. The van der Waals surface area contributed by atoms with Gasteiger partial charge in [0.25, 0.3) is 11.2 Å². The summed E-state index contributed by atoms with van der Waals surface area (Å²) in [4.78, 5) is 26.6. The lowest BCUT2D eigenvalue weighted by Gasteiger charge is -2.06. The molecule has 0 saturated heterocycles. The molecule has 2 aromatic rings. The Kier molecular flexibility index (Phi) is 4.68. The monoisotopic (exact) mass is 295 g/mol. The van der Waals surface area contributed by atoms with Gasteiger partial charge in [-0.25, -0.2) is 4.98 Å². The molecule has 0 saturated carbocycles. The van der Waals surface area contributed by atoms with Crippen LogP contribution in [0.25, 0.3) is 10.9 Å². The van der Waals surface area contributed by atoms with Crippen LogP contribution in [0, 0.1) is 10.1 Å². The van der Waals surface area contributed by atoms with Crippen molar-refractivity contribution in [1.29, 1.82) is 0 Å². The first-order valence-corrected chi connectivity index (χ1v) is 6.86. The molecule has 0 bridgehead atoms. The van der Waals surface area contributed by atoms with Crippen LogP contribution in [0.1, 0.15) is 19.3 Å². The number of hydrogen-bond donors (Lipinski definition) is 0. The number of halogens is 1. The molecule has 0 spiro atoms. The average molecular weight is 296 g/mol. The number of nitrogens with zero attached hydrogens (tertiary/aromatic N) is 3. The van der Waals surface area contributed by atoms with E-state index in [1.54, 1.807) is 0 Å². The van der Waals surface area contributed by atoms with Crippen molar-refractivity contribution in [3.8, 4) is 0 Å². The third-order valence-corrected chi connectivity index (χ3v) is 3.32. The van der Waals surface area contributed by atoms with Gasteiger partial charge in [0.1, 0.15) is 0 Å². The van der Waals surface area contributed by atoms with Gasteiger partial charge in [-0.2, -0.15) is 0 Å². The van der Waals surface area contributed by atoms with Crippen molar-refractivity contribution in [2.45, 2.75) is 25.8 Å². The molecular weight excluding hydrogens is 282 g/mol. The molecule has 1 aromatic heterocycles. The van der Waals surface area contributed by atoms with Gasteiger partial charge in [0.2, 0.25) is 0 Å². The molecule has 0 aliphatic heterocycles. The van der Waals surface area contributed by atoms with Gasteiger partial charge in [0, 0.05) is 24.6 Å². The molecular formula is C13H14ClN3O3. The van der Waals surface area contributed by atoms with Crippen LogP contribution in [0.5, 0.6) is 0 Å². The summed E-state index contributed by atoms with van der Waals surface area (Å²) in [5.74, 6) is 0.608. The van der Waals surface area contributed by atoms with Gasteiger partial charge in [0.15, 0.2) is 0 Å². The van der Waals surface area contributed by atoms with E-state index in [2.05, 4.69) is 4.98 Å². The van der Waals surface area contributed by atoms with Gasteiger partial charge in [-0.05, 0) is 18.9 Å². The van der Waals surface area contributed by atoms with Crippen molar-refractivity contribution >= 4 is 28.2 Å². The highest BCUT2D eigenvalue weighted by atomic mass is 35.5. The lowest BCUT2D eigenvalue weighted by Crippen LogP contribution is -2.20. The van der Waals surface area contributed by atoms with Crippen LogP contribution in [0.3, 0.4) is 0 Å². The highest BCUT2D eigenvalue weighted by Gasteiger charge is 2.10. The maximum Gasteiger partial charge on any atom is 0.270 e. The number of alkyl halides is 1. The molecule has 0 fully saturated rings. The Labute approximate surface area is 120 Å². The summed E-state index contributed by atoms with van der Waals surface area (Å²) in [6, 6.07) is 4.12. The summed E-state index contributed by atoms with van der Waals surface area (Å²) < 4.78 is 1.49. The number of nitro benzene ring substituents is 1. The van der Waals surface area contributed by atoms with E-state index in [4.69, 9.17) is 11.6 Å². The SMILES string of the molecule is O=c1c2cc([N+](=O)[O-])ccc2ncn1CCCCCCl. The zero-order chi connectivity index (χ0) is 14.5. The fraction of sp³-hybridized carbons (Fsp3) is 0.385. The second-order valence-electron chi connectivity index (χ2n) is 4.45. The average Bonchev–Trinajstić information content (AvgIpc) is 2.45. The minimum Gasteiger partial charge on any atom is -0.299 e. The summed E-state index contributed by atoms with van der Waals surface area (Å²) in [7, 11) is 0. The normalized spacial score (nSPS) is 10.8. The molecule has 1 aromatic carbocycles. The van der Waals surface area contributed by atoms with Gasteiger partial charge in [0.05, 0.1) is 22.2 Å². The van der Waals surface area contributed by atoms with Crippen molar-refractivity contribution in [3.05, 3.63) is 45.0 Å². The van der Waals surface area contributed by atoms with Gasteiger partial charge in [-0.15, -0.1) is 11.6 Å². The third kappa shape index (κ3) is 3.14. The number of hydrogen-bond acceptors (Lipinski definition) is 4. The zero-order valence-electron chi connectivity index (χ0n) is 10.8. The molecule has 0 aliphatic carbocycles. The Bertz CT molecular complexity index is 684. The van der Waals surface area contributed by atoms with Crippen molar-refractivity contribution in [3.63, 3.8) is 0 Å². The number of rotatable bonds is 6. The van der Waals surface area contributed by atoms with E-state index >= 15 is 0 Å². The highest BCUT2D eigenvalue weighted by Crippen LogP contribution is 2.16.